The molecule has 21 heavy (non-hydrogen) atoms. The van der Waals surface area contributed by atoms with E-state index in [0.29, 0.717) is 5.56 Å². The van der Waals surface area contributed by atoms with Crippen molar-refractivity contribution in [2.45, 2.75) is 20.8 Å². The van der Waals surface area contributed by atoms with E-state index in [1.165, 1.54) is 0 Å². The smallest absolute Gasteiger partial charge is 0.0994 e. The number of hydrogen-bond acceptors (Lipinski definition) is 2. The summed E-state index contributed by atoms with van der Waals surface area (Å²) in [5.74, 6) is 0. The predicted molar refractivity (Wildman–Crippen MR) is 87.1 cm³/mol. The first-order chi connectivity index (χ1) is 10.0. The molecule has 0 spiro atoms. The second-order valence-electron chi connectivity index (χ2n) is 5.47. The average molecular weight is 275 g/mol. The Morgan fingerprint density at radius 2 is 1.90 bits per heavy atom. The number of nitriles is 1. The molecule has 3 nitrogen and oxygen atoms in total. The van der Waals surface area contributed by atoms with Crippen LogP contribution in [-0.2, 0) is 0 Å². The minimum atomic E-state index is 0.712. The van der Waals surface area contributed by atoms with Gasteiger partial charge < -0.3 is 10.7 Å². The maximum absolute atomic E-state index is 9.26. The van der Waals surface area contributed by atoms with E-state index in [1.807, 2.05) is 38.1 Å². The molecule has 0 saturated carbocycles. The molecule has 3 heteroatoms. The van der Waals surface area contributed by atoms with E-state index in [9.17, 15) is 5.26 Å². The Labute approximate surface area is 124 Å². The molecule has 2 aromatic carbocycles. The number of aryl methyl sites for hydroxylation is 2. The van der Waals surface area contributed by atoms with Crippen LogP contribution in [-0.4, -0.2) is 4.98 Å². The Balaban J connectivity index is 2.40. The maximum atomic E-state index is 9.26. The molecule has 0 aliphatic rings. The van der Waals surface area contributed by atoms with E-state index >= 15 is 0 Å². The largest absolute Gasteiger partial charge is 0.398 e. The molecule has 0 atom stereocenters. The van der Waals surface area contributed by atoms with Crippen LogP contribution < -0.4 is 5.73 Å². The zero-order valence-electron chi connectivity index (χ0n) is 12.4. The molecule has 0 saturated heterocycles. The van der Waals surface area contributed by atoms with Crippen LogP contribution in [0.25, 0.3) is 22.0 Å². The van der Waals surface area contributed by atoms with Gasteiger partial charge in [-0.15, -0.1) is 0 Å². The summed E-state index contributed by atoms with van der Waals surface area (Å²) in [4.78, 5) is 3.41. The van der Waals surface area contributed by atoms with Crippen LogP contribution in [0.3, 0.4) is 0 Å². The average Bonchev–Trinajstić information content (AvgIpc) is 2.76. The number of benzene rings is 2. The molecular weight excluding hydrogens is 258 g/mol. The number of aromatic amines is 1. The summed E-state index contributed by atoms with van der Waals surface area (Å²) in [7, 11) is 0. The normalized spacial score (nSPS) is 10.8. The van der Waals surface area contributed by atoms with Crippen LogP contribution in [0.2, 0.25) is 0 Å². The van der Waals surface area contributed by atoms with E-state index in [4.69, 9.17) is 5.73 Å². The Bertz CT molecular complexity index is 895. The number of aromatic nitrogens is 1. The van der Waals surface area contributed by atoms with Crippen molar-refractivity contribution in [3.8, 4) is 17.2 Å². The van der Waals surface area contributed by atoms with Gasteiger partial charge in [0.1, 0.15) is 0 Å². The molecule has 3 rings (SSSR count). The molecule has 0 unspecified atom stereocenters. The van der Waals surface area contributed by atoms with Crippen molar-refractivity contribution in [3.05, 3.63) is 52.7 Å². The van der Waals surface area contributed by atoms with Gasteiger partial charge in [-0.25, -0.2) is 0 Å². The van der Waals surface area contributed by atoms with Crippen molar-refractivity contribution >= 4 is 16.6 Å². The molecule has 1 heterocycles. The van der Waals surface area contributed by atoms with Gasteiger partial charge in [0.05, 0.1) is 11.6 Å². The molecule has 0 fully saturated rings. The van der Waals surface area contributed by atoms with Crippen molar-refractivity contribution in [2.75, 3.05) is 5.73 Å². The summed E-state index contributed by atoms with van der Waals surface area (Å²) in [5, 5.41) is 10.3. The van der Waals surface area contributed by atoms with Crippen LogP contribution in [0.1, 0.15) is 22.4 Å². The SMILES string of the molecule is Cc1cc2[nH]c(C)c(-c3cccc(N)c3C)c2cc1C#N. The summed E-state index contributed by atoms with van der Waals surface area (Å²) in [6.45, 7) is 6.04. The third-order valence-corrected chi connectivity index (χ3v) is 4.10. The first kappa shape index (κ1) is 13.3. The minimum Gasteiger partial charge on any atom is -0.398 e. The fourth-order valence-electron chi connectivity index (χ4n) is 2.88. The number of nitrogens with one attached hydrogen (secondary N) is 1. The standard InChI is InChI=1S/C18H17N3/c1-10-7-17-15(8-13(10)9-19)18(12(3)21-17)14-5-4-6-16(20)11(14)2/h4-8,21H,20H2,1-3H3. The highest BCUT2D eigenvalue weighted by Gasteiger charge is 2.15. The highest BCUT2D eigenvalue weighted by Crippen LogP contribution is 2.36. The lowest BCUT2D eigenvalue weighted by atomic mass is 9.95. The fourth-order valence-corrected chi connectivity index (χ4v) is 2.88. The fraction of sp³-hybridized carbons (Fsp3) is 0.167. The number of nitrogens with two attached hydrogens (primary N) is 1. The van der Waals surface area contributed by atoms with Crippen LogP contribution in [0.4, 0.5) is 5.69 Å². The summed E-state index contributed by atoms with van der Waals surface area (Å²) in [6.07, 6.45) is 0. The number of hydrogen-bond donors (Lipinski definition) is 2. The third kappa shape index (κ3) is 1.96. The van der Waals surface area contributed by atoms with Crippen LogP contribution in [0, 0.1) is 32.1 Å². The Kier molecular flexibility index (Phi) is 2.95. The van der Waals surface area contributed by atoms with Gasteiger partial charge in [-0.2, -0.15) is 5.26 Å². The summed E-state index contributed by atoms with van der Waals surface area (Å²) in [5.41, 5.74) is 14.0. The lowest BCUT2D eigenvalue weighted by Gasteiger charge is -2.09. The third-order valence-electron chi connectivity index (χ3n) is 4.10. The molecule has 1 aromatic heterocycles. The Morgan fingerprint density at radius 3 is 2.62 bits per heavy atom. The van der Waals surface area contributed by atoms with Crippen molar-refractivity contribution in [3.63, 3.8) is 0 Å². The quantitative estimate of drug-likeness (QED) is 0.653. The van der Waals surface area contributed by atoms with E-state index in [0.717, 1.165) is 44.5 Å². The first-order valence-corrected chi connectivity index (χ1v) is 6.91. The van der Waals surface area contributed by atoms with Gasteiger partial charge in [0, 0.05) is 27.8 Å². The summed E-state index contributed by atoms with van der Waals surface area (Å²) in [6, 6.07) is 12.2. The molecule has 0 bridgehead atoms. The Hall–Kier alpha value is -2.73. The zero-order valence-corrected chi connectivity index (χ0v) is 12.4. The van der Waals surface area contributed by atoms with Crippen molar-refractivity contribution in [1.82, 2.24) is 4.98 Å². The molecular formula is C18H17N3. The number of rotatable bonds is 1. The first-order valence-electron chi connectivity index (χ1n) is 6.91. The number of H-pyrrole nitrogens is 1. The van der Waals surface area contributed by atoms with E-state index in [1.54, 1.807) is 0 Å². The molecule has 3 aromatic rings. The van der Waals surface area contributed by atoms with Gasteiger partial charge in [0.15, 0.2) is 0 Å². The molecule has 0 aliphatic heterocycles. The van der Waals surface area contributed by atoms with E-state index in [-0.39, 0.29) is 0 Å². The second-order valence-corrected chi connectivity index (χ2v) is 5.47. The number of anilines is 1. The minimum absolute atomic E-state index is 0.712. The van der Waals surface area contributed by atoms with Crippen LogP contribution >= 0.6 is 0 Å². The number of nitrogen functional groups attached to an aromatic ring is 1. The molecule has 0 amide bonds. The number of nitrogens with zero attached hydrogens (tertiary/aromatic N) is 1. The topological polar surface area (TPSA) is 65.6 Å². The van der Waals surface area contributed by atoms with Crippen LogP contribution in [0.15, 0.2) is 30.3 Å². The van der Waals surface area contributed by atoms with E-state index in [2.05, 4.69) is 24.0 Å². The maximum Gasteiger partial charge on any atom is 0.0994 e. The Morgan fingerprint density at radius 1 is 1.14 bits per heavy atom. The van der Waals surface area contributed by atoms with Gasteiger partial charge in [0.25, 0.3) is 0 Å². The van der Waals surface area contributed by atoms with Crippen molar-refractivity contribution in [1.29, 1.82) is 5.26 Å². The lowest BCUT2D eigenvalue weighted by Crippen LogP contribution is -1.92. The van der Waals surface area contributed by atoms with E-state index < -0.39 is 0 Å². The van der Waals surface area contributed by atoms with Gasteiger partial charge in [-0.05, 0) is 55.7 Å². The van der Waals surface area contributed by atoms with Crippen molar-refractivity contribution in [2.24, 2.45) is 0 Å². The number of fused-ring (bicyclic) bond motifs is 1. The molecule has 3 N–H and O–H groups in total. The van der Waals surface area contributed by atoms with Crippen molar-refractivity contribution < 1.29 is 0 Å². The molecule has 0 radical (unpaired) electrons. The molecule has 0 aliphatic carbocycles. The van der Waals surface area contributed by atoms with Gasteiger partial charge in [0.2, 0.25) is 0 Å². The highest BCUT2D eigenvalue weighted by atomic mass is 14.7. The zero-order chi connectivity index (χ0) is 15.1. The van der Waals surface area contributed by atoms with Gasteiger partial charge >= 0.3 is 0 Å². The summed E-state index contributed by atoms with van der Waals surface area (Å²) >= 11 is 0. The van der Waals surface area contributed by atoms with Gasteiger partial charge in [-0.3, -0.25) is 0 Å². The predicted octanol–water partition coefficient (Wildman–Crippen LogP) is 4.21. The van der Waals surface area contributed by atoms with Crippen LogP contribution in [0.5, 0.6) is 0 Å². The molecule has 104 valence electrons. The van der Waals surface area contributed by atoms with Gasteiger partial charge in [-0.1, -0.05) is 12.1 Å². The highest BCUT2D eigenvalue weighted by molar-refractivity contribution is 5.99. The lowest BCUT2D eigenvalue weighted by molar-refractivity contribution is 1.29. The second kappa shape index (κ2) is 4.68. The summed E-state index contributed by atoms with van der Waals surface area (Å²) < 4.78 is 0. The monoisotopic (exact) mass is 275 g/mol.